The Labute approximate surface area is 112 Å². The van der Waals surface area contributed by atoms with Gasteiger partial charge in [0.1, 0.15) is 18.0 Å². The number of rotatable bonds is 4. The molecule has 0 saturated heterocycles. The van der Waals surface area contributed by atoms with Gasteiger partial charge in [0.05, 0.1) is 0 Å². The van der Waals surface area contributed by atoms with E-state index in [4.69, 9.17) is 0 Å². The molecule has 1 aliphatic rings. The smallest absolute Gasteiger partial charge is 0.132 e. The van der Waals surface area contributed by atoms with Crippen LogP contribution in [-0.4, -0.2) is 17.0 Å². The molecule has 0 amide bonds. The summed E-state index contributed by atoms with van der Waals surface area (Å²) in [7, 11) is 1.92. The Morgan fingerprint density at radius 1 is 1.26 bits per heavy atom. The molecule has 0 atom stereocenters. The Bertz CT molecular complexity index is 581. The molecule has 0 N–H and O–H groups in total. The first-order chi connectivity index (χ1) is 9.24. The van der Waals surface area contributed by atoms with Crippen LogP contribution in [0.25, 0.3) is 0 Å². The third-order valence-electron chi connectivity index (χ3n) is 3.43. The van der Waals surface area contributed by atoms with E-state index >= 15 is 0 Å². The monoisotopic (exact) mass is 257 g/mol. The van der Waals surface area contributed by atoms with E-state index in [2.05, 4.69) is 9.97 Å². The fourth-order valence-corrected chi connectivity index (χ4v) is 2.14. The molecule has 1 aliphatic carbocycles. The summed E-state index contributed by atoms with van der Waals surface area (Å²) in [6.07, 6.45) is 4.03. The zero-order valence-corrected chi connectivity index (χ0v) is 10.9. The number of nitrogens with zero attached hydrogens (tertiary/aromatic N) is 3. The predicted octanol–water partition coefficient (Wildman–Crippen LogP) is 3.13. The molecule has 4 heteroatoms. The molecule has 3 rings (SSSR count). The zero-order chi connectivity index (χ0) is 13.2. The second-order valence-electron chi connectivity index (χ2n) is 5.02. The first-order valence-corrected chi connectivity index (χ1v) is 6.50. The van der Waals surface area contributed by atoms with Gasteiger partial charge in [0.15, 0.2) is 0 Å². The van der Waals surface area contributed by atoms with Gasteiger partial charge in [-0.1, -0.05) is 18.2 Å². The largest absolute Gasteiger partial charge is 0.355 e. The van der Waals surface area contributed by atoms with Crippen LogP contribution < -0.4 is 4.90 Å². The first kappa shape index (κ1) is 12.1. The van der Waals surface area contributed by atoms with E-state index in [9.17, 15) is 4.39 Å². The molecule has 1 saturated carbocycles. The summed E-state index contributed by atoms with van der Waals surface area (Å²) in [5.74, 6) is 1.27. The fraction of sp³-hybridized carbons (Fsp3) is 0.333. The summed E-state index contributed by atoms with van der Waals surface area (Å²) in [5, 5.41) is 0. The molecule has 0 spiro atoms. The van der Waals surface area contributed by atoms with Gasteiger partial charge >= 0.3 is 0 Å². The summed E-state index contributed by atoms with van der Waals surface area (Å²) >= 11 is 0. The third-order valence-corrected chi connectivity index (χ3v) is 3.43. The van der Waals surface area contributed by atoms with Crippen LogP contribution in [0.1, 0.15) is 30.0 Å². The number of anilines is 1. The van der Waals surface area contributed by atoms with Gasteiger partial charge in [-0.25, -0.2) is 14.4 Å². The van der Waals surface area contributed by atoms with Gasteiger partial charge in [-0.15, -0.1) is 0 Å². The van der Waals surface area contributed by atoms with Crippen molar-refractivity contribution in [1.29, 1.82) is 0 Å². The molecule has 0 unspecified atom stereocenters. The Morgan fingerprint density at radius 2 is 2.05 bits per heavy atom. The summed E-state index contributed by atoms with van der Waals surface area (Å²) in [4.78, 5) is 10.5. The van der Waals surface area contributed by atoms with E-state index in [1.165, 1.54) is 18.9 Å². The molecule has 0 bridgehead atoms. The quantitative estimate of drug-likeness (QED) is 0.842. The molecular formula is C15H16FN3. The first-order valence-electron chi connectivity index (χ1n) is 6.50. The summed E-state index contributed by atoms with van der Waals surface area (Å²) in [5.41, 5.74) is 1.78. The molecule has 1 heterocycles. The van der Waals surface area contributed by atoms with Crippen LogP contribution in [0.15, 0.2) is 36.7 Å². The van der Waals surface area contributed by atoms with Crippen molar-refractivity contribution in [3.63, 3.8) is 0 Å². The second kappa shape index (κ2) is 4.96. The van der Waals surface area contributed by atoms with E-state index in [1.807, 2.05) is 24.1 Å². The molecule has 0 aliphatic heterocycles. The number of halogens is 1. The highest BCUT2D eigenvalue weighted by Gasteiger charge is 2.25. The molecule has 19 heavy (non-hydrogen) atoms. The van der Waals surface area contributed by atoms with Crippen molar-refractivity contribution in [2.45, 2.75) is 25.3 Å². The summed E-state index contributed by atoms with van der Waals surface area (Å²) in [6.45, 7) is 0.508. The molecule has 1 aromatic heterocycles. The maximum atomic E-state index is 13.6. The third kappa shape index (κ3) is 2.72. The minimum Gasteiger partial charge on any atom is -0.355 e. The van der Waals surface area contributed by atoms with Gasteiger partial charge in [0, 0.05) is 36.8 Å². The van der Waals surface area contributed by atoms with Crippen LogP contribution in [0.2, 0.25) is 0 Å². The van der Waals surface area contributed by atoms with Gasteiger partial charge in [0.25, 0.3) is 0 Å². The van der Waals surface area contributed by atoms with Crippen LogP contribution in [0.3, 0.4) is 0 Å². The van der Waals surface area contributed by atoms with Crippen molar-refractivity contribution < 1.29 is 4.39 Å². The van der Waals surface area contributed by atoms with E-state index in [1.54, 1.807) is 18.5 Å². The Kier molecular flexibility index (Phi) is 3.15. The molecular weight excluding hydrogens is 241 g/mol. The van der Waals surface area contributed by atoms with Crippen molar-refractivity contribution in [2.24, 2.45) is 0 Å². The molecule has 1 aromatic carbocycles. The molecule has 98 valence electrons. The van der Waals surface area contributed by atoms with Crippen molar-refractivity contribution >= 4 is 5.82 Å². The number of hydrogen-bond acceptors (Lipinski definition) is 3. The maximum absolute atomic E-state index is 13.6. The van der Waals surface area contributed by atoms with Crippen LogP contribution in [-0.2, 0) is 6.54 Å². The lowest BCUT2D eigenvalue weighted by Crippen LogP contribution is -2.18. The van der Waals surface area contributed by atoms with Crippen molar-refractivity contribution in [3.05, 3.63) is 53.7 Å². The molecule has 3 nitrogen and oxygen atoms in total. The van der Waals surface area contributed by atoms with Gasteiger partial charge in [0.2, 0.25) is 0 Å². The highest BCUT2D eigenvalue weighted by atomic mass is 19.1. The lowest BCUT2D eigenvalue weighted by atomic mass is 10.2. The van der Waals surface area contributed by atoms with E-state index in [-0.39, 0.29) is 5.82 Å². The van der Waals surface area contributed by atoms with Crippen molar-refractivity contribution in [1.82, 2.24) is 9.97 Å². The zero-order valence-electron chi connectivity index (χ0n) is 10.9. The average Bonchev–Trinajstić information content (AvgIpc) is 3.26. The molecule has 1 fully saturated rings. The number of aromatic nitrogens is 2. The van der Waals surface area contributed by atoms with Crippen molar-refractivity contribution in [3.8, 4) is 0 Å². The van der Waals surface area contributed by atoms with Crippen LogP contribution >= 0.6 is 0 Å². The van der Waals surface area contributed by atoms with E-state index in [0.29, 0.717) is 18.0 Å². The SMILES string of the molecule is CN(Cc1ccccc1F)c1cc(C2CC2)ncn1. The topological polar surface area (TPSA) is 29.0 Å². The lowest BCUT2D eigenvalue weighted by Gasteiger charge is -2.18. The Morgan fingerprint density at radius 3 is 2.79 bits per heavy atom. The van der Waals surface area contributed by atoms with Crippen LogP contribution in [0.5, 0.6) is 0 Å². The highest BCUT2D eigenvalue weighted by Crippen LogP contribution is 2.39. The lowest BCUT2D eigenvalue weighted by molar-refractivity contribution is 0.607. The summed E-state index contributed by atoms with van der Waals surface area (Å²) < 4.78 is 13.6. The normalized spacial score (nSPS) is 14.4. The van der Waals surface area contributed by atoms with Gasteiger partial charge in [-0.2, -0.15) is 0 Å². The van der Waals surface area contributed by atoms with Crippen LogP contribution in [0.4, 0.5) is 10.2 Å². The van der Waals surface area contributed by atoms with Gasteiger partial charge < -0.3 is 4.90 Å². The fourth-order valence-electron chi connectivity index (χ4n) is 2.14. The second-order valence-corrected chi connectivity index (χ2v) is 5.02. The van der Waals surface area contributed by atoms with E-state index < -0.39 is 0 Å². The maximum Gasteiger partial charge on any atom is 0.132 e. The predicted molar refractivity (Wildman–Crippen MR) is 72.5 cm³/mol. The van der Waals surface area contributed by atoms with Gasteiger partial charge in [-0.3, -0.25) is 0 Å². The number of benzene rings is 1. The van der Waals surface area contributed by atoms with Crippen molar-refractivity contribution in [2.75, 3.05) is 11.9 Å². The van der Waals surface area contributed by atoms with E-state index in [0.717, 1.165) is 11.5 Å². The van der Waals surface area contributed by atoms with Crippen LogP contribution in [0, 0.1) is 5.82 Å². The minimum atomic E-state index is -0.175. The molecule has 2 aromatic rings. The minimum absolute atomic E-state index is 0.175. The Balaban J connectivity index is 1.78. The number of hydrogen-bond donors (Lipinski definition) is 0. The highest BCUT2D eigenvalue weighted by molar-refractivity contribution is 5.40. The molecule has 0 radical (unpaired) electrons. The summed E-state index contributed by atoms with van der Waals surface area (Å²) in [6, 6.07) is 8.85. The Hall–Kier alpha value is -1.97. The standard InChI is InChI=1S/C15H16FN3/c1-19(9-12-4-2-3-5-13(12)16)15-8-14(11-6-7-11)17-10-18-15/h2-5,8,10-11H,6-7,9H2,1H3. The average molecular weight is 257 g/mol. The van der Waals surface area contributed by atoms with Gasteiger partial charge in [-0.05, 0) is 18.9 Å².